The summed E-state index contributed by atoms with van der Waals surface area (Å²) >= 11 is 0. The van der Waals surface area contributed by atoms with E-state index in [4.69, 9.17) is 0 Å². The molecule has 2 aromatic carbocycles. The molecule has 0 saturated heterocycles. The van der Waals surface area contributed by atoms with Crippen LogP contribution in [0.25, 0.3) is 16.3 Å². The van der Waals surface area contributed by atoms with Crippen LogP contribution in [0.2, 0.25) is 0 Å². The number of rotatable bonds is 0. The van der Waals surface area contributed by atoms with Crippen LogP contribution >= 0.6 is 0 Å². The van der Waals surface area contributed by atoms with Gasteiger partial charge in [-0.05, 0) is 65.3 Å². The average molecular weight is 248 g/mol. The second kappa shape index (κ2) is 3.99. The van der Waals surface area contributed by atoms with Crippen molar-refractivity contribution in [3.63, 3.8) is 0 Å². The van der Waals surface area contributed by atoms with Crippen LogP contribution in [0.15, 0.2) is 48.1 Å². The summed E-state index contributed by atoms with van der Waals surface area (Å²) in [5.74, 6) is 0.348. The molecule has 94 valence electrons. The van der Waals surface area contributed by atoms with Gasteiger partial charge in [0, 0.05) is 0 Å². The van der Waals surface area contributed by atoms with Crippen molar-refractivity contribution in [1.82, 2.24) is 0 Å². The number of aromatic hydroxyl groups is 1. The molecule has 19 heavy (non-hydrogen) atoms. The normalized spacial score (nSPS) is 17.5. The lowest BCUT2D eigenvalue weighted by molar-refractivity contribution is 0.476. The highest BCUT2D eigenvalue weighted by molar-refractivity contribution is 5.94. The minimum atomic E-state index is 0.348. The Morgan fingerprint density at radius 3 is 2.84 bits per heavy atom. The zero-order chi connectivity index (χ0) is 12.8. The zero-order valence-corrected chi connectivity index (χ0v) is 10.8. The fourth-order valence-electron chi connectivity index (χ4n) is 3.43. The molecule has 2 aliphatic rings. The van der Waals surface area contributed by atoms with Crippen LogP contribution in [-0.4, -0.2) is 5.11 Å². The number of hydrogen-bond donors (Lipinski definition) is 1. The van der Waals surface area contributed by atoms with E-state index >= 15 is 0 Å². The number of phenolic OH excluding ortho intramolecular Hbond substituents is 1. The molecular weight excluding hydrogens is 232 g/mol. The number of aryl methyl sites for hydroxylation is 1. The second-order valence-corrected chi connectivity index (χ2v) is 5.46. The van der Waals surface area contributed by atoms with Gasteiger partial charge in [0.2, 0.25) is 0 Å². The molecule has 1 N–H and O–H groups in total. The molecular formula is C18H16O. The Hall–Kier alpha value is -2.02. The highest BCUT2D eigenvalue weighted by atomic mass is 16.3. The molecule has 0 heterocycles. The number of benzene rings is 2. The predicted molar refractivity (Wildman–Crippen MR) is 79.2 cm³/mol. The van der Waals surface area contributed by atoms with Gasteiger partial charge in [-0.1, -0.05) is 35.9 Å². The summed E-state index contributed by atoms with van der Waals surface area (Å²) in [7, 11) is 0. The smallest absolute Gasteiger partial charge is 0.116 e. The average Bonchev–Trinajstić information content (AvgIpc) is 2.46. The SMILES string of the molecule is Oc1ccc2c3c(ccc2c1)C1=C(CCC=C1)CC3. The molecule has 0 unspecified atom stereocenters. The quantitative estimate of drug-likeness (QED) is 0.722. The van der Waals surface area contributed by atoms with Gasteiger partial charge in [-0.25, -0.2) is 0 Å². The zero-order valence-electron chi connectivity index (χ0n) is 10.8. The van der Waals surface area contributed by atoms with Crippen molar-refractivity contribution in [2.45, 2.75) is 25.7 Å². The van der Waals surface area contributed by atoms with E-state index in [9.17, 15) is 5.11 Å². The molecule has 0 spiro atoms. The molecule has 2 aliphatic carbocycles. The van der Waals surface area contributed by atoms with Crippen LogP contribution in [0.3, 0.4) is 0 Å². The van der Waals surface area contributed by atoms with Crippen LogP contribution in [0.5, 0.6) is 5.75 Å². The Labute approximate surface area is 112 Å². The van der Waals surface area contributed by atoms with E-state index in [-0.39, 0.29) is 0 Å². The Morgan fingerprint density at radius 2 is 1.89 bits per heavy atom. The van der Waals surface area contributed by atoms with E-state index in [1.54, 1.807) is 11.6 Å². The molecule has 0 amide bonds. The second-order valence-electron chi connectivity index (χ2n) is 5.46. The van der Waals surface area contributed by atoms with Gasteiger partial charge in [0.25, 0.3) is 0 Å². The first-order valence-corrected chi connectivity index (χ1v) is 6.96. The van der Waals surface area contributed by atoms with Gasteiger partial charge in [-0.3, -0.25) is 0 Å². The van der Waals surface area contributed by atoms with Gasteiger partial charge in [0.1, 0.15) is 5.75 Å². The Balaban J connectivity index is 2.00. The summed E-state index contributed by atoms with van der Waals surface area (Å²) in [5, 5.41) is 12.0. The molecule has 0 radical (unpaired) electrons. The van der Waals surface area contributed by atoms with Crippen molar-refractivity contribution in [3.05, 3.63) is 59.2 Å². The van der Waals surface area contributed by atoms with Crippen LogP contribution in [0, 0.1) is 0 Å². The van der Waals surface area contributed by atoms with Crippen LogP contribution < -0.4 is 0 Å². The van der Waals surface area contributed by atoms with E-state index in [1.807, 2.05) is 6.07 Å². The third kappa shape index (κ3) is 1.61. The first kappa shape index (κ1) is 10.9. The van der Waals surface area contributed by atoms with Crippen molar-refractivity contribution in [3.8, 4) is 5.75 Å². The first-order chi connectivity index (χ1) is 9.33. The lowest BCUT2D eigenvalue weighted by atomic mass is 9.79. The van der Waals surface area contributed by atoms with Gasteiger partial charge in [-0.2, -0.15) is 0 Å². The van der Waals surface area contributed by atoms with E-state index in [1.165, 1.54) is 41.3 Å². The minimum Gasteiger partial charge on any atom is -0.508 e. The summed E-state index contributed by atoms with van der Waals surface area (Å²) in [5.41, 5.74) is 5.91. The van der Waals surface area contributed by atoms with E-state index in [2.05, 4.69) is 30.4 Å². The Bertz CT molecular complexity index is 735. The standard InChI is InChI=1S/C18H16O/c19-14-7-10-16-13(11-14)6-9-17-15-4-2-1-3-12(15)5-8-18(16)17/h2,4,6-7,9-11,19H,1,3,5,8H2. The van der Waals surface area contributed by atoms with Gasteiger partial charge in [-0.15, -0.1) is 0 Å². The van der Waals surface area contributed by atoms with Crippen molar-refractivity contribution < 1.29 is 5.11 Å². The lowest BCUT2D eigenvalue weighted by Gasteiger charge is -2.25. The topological polar surface area (TPSA) is 20.2 Å². The summed E-state index contributed by atoms with van der Waals surface area (Å²) in [6.45, 7) is 0. The molecule has 1 nitrogen and oxygen atoms in total. The fraction of sp³-hybridized carbons (Fsp3) is 0.222. The van der Waals surface area contributed by atoms with Crippen LogP contribution in [0.1, 0.15) is 30.4 Å². The van der Waals surface area contributed by atoms with Gasteiger partial charge >= 0.3 is 0 Å². The number of phenols is 1. The van der Waals surface area contributed by atoms with Crippen molar-refractivity contribution >= 4 is 16.3 Å². The molecule has 0 aliphatic heterocycles. The molecule has 0 bridgehead atoms. The first-order valence-electron chi connectivity index (χ1n) is 6.96. The molecule has 0 atom stereocenters. The summed E-state index contributed by atoms with van der Waals surface area (Å²) < 4.78 is 0. The minimum absolute atomic E-state index is 0.348. The van der Waals surface area contributed by atoms with Crippen molar-refractivity contribution in [1.29, 1.82) is 0 Å². The van der Waals surface area contributed by atoms with Crippen molar-refractivity contribution in [2.24, 2.45) is 0 Å². The summed E-state index contributed by atoms with van der Waals surface area (Å²) in [6.07, 6.45) is 9.31. The van der Waals surface area contributed by atoms with E-state index in [0.717, 1.165) is 11.8 Å². The third-order valence-electron chi connectivity index (χ3n) is 4.36. The number of allylic oxidation sites excluding steroid dienone is 4. The van der Waals surface area contributed by atoms with E-state index < -0.39 is 0 Å². The van der Waals surface area contributed by atoms with Crippen LogP contribution in [0.4, 0.5) is 0 Å². The monoisotopic (exact) mass is 248 g/mol. The fourth-order valence-corrected chi connectivity index (χ4v) is 3.43. The van der Waals surface area contributed by atoms with Gasteiger partial charge in [0.05, 0.1) is 0 Å². The highest BCUT2D eigenvalue weighted by Crippen LogP contribution is 2.40. The maximum absolute atomic E-state index is 9.60. The van der Waals surface area contributed by atoms with Gasteiger partial charge in [0.15, 0.2) is 0 Å². The Morgan fingerprint density at radius 1 is 0.947 bits per heavy atom. The maximum atomic E-state index is 9.60. The molecule has 2 aromatic rings. The molecule has 0 aromatic heterocycles. The highest BCUT2D eigenvalue weighted by Gasteiger charge is 2.20. The largest absolute Gasteiger partial charge is 0.508 e. The molecule has 0 saturated carbocycles. The van der Waals surface area contributed by atoms with Crippen molar-refractivity contribution in [2.75, 3.05) is 0 Å². The van der Waals surface area contributed by atoms with Gasteiger partial charge < -0.3 is 5.11 Å². The molecule has 4 rings (SSSR count). The lowest BCUT2D eigenvalue weighted by Crippen LogP contribution is -2.06. The maximum Gasteiger partial charge on any atom is 0.116 e. The van der Waals surface area contributed by atoms with E-state index in [0.29, 0.717) is 5.75 Å². The molecule has 1 heteroatoms. The summed E-state index contributed by atoms with van der Waals surface area (Å²) in [6, 6.07) is 10.1. The predicted octanol–water partition coefficient (Wildman–Crippen LogP) is 4.60. The number of hydrogen-bond acceptors (Lipinski definition) is 1. The van der Waals surface area contributed by atoms with Crippen LogP contribution in [-0.2, 0) is 6.42 Å². The Kier molecular flexibility index (Phi) is 2.28. The molecule has 0 fully saturated rings. The number of fused-ring (bicyclic) bond motifs is 4. The third-order valence-corrected chi connectivity index (χ3v) is 4.36. The summed E-state index contributed by atoms with van der Waals surface area (Å²) in [4.78, 5) is 0.